The Morgan fingerprint density at radius 2 is 1.93 bits per heavy atom. The summed E-state index contributed by atoms with van der Waals surface area (Å²) in [6.45, 7) is 1.60. The van der Waals surface area contributed by atoms with Crippen LogP contribution in [0.15, 0.2) is 71.4 Å². The van der Waals surface area contributed by atoms with Gasteiger partial charge in [-0.1, -0.05) is 12.1 Å². The number of nitrogens with zero attached hydrogens (tertiary/aromatic N) is 4. The Morgan fingerprint density at radius 3 is 2.73 bits per heavy atom. The summed E-state index contributed by atoms with van der Waals surface area (Å²) in [5.41, 5.74) is 2.61. The zero-order valence-electron chi connectivity index (χ0n) is 16.2. The van der Waals surface area contributed by atoms with Gasteiger partial charge in [0, 0.05) is 43.3 Å². The normalized spacial score (nSPS) is 16.0. The predicted octanol–water partition coefficient (Wildman–Crippen LogP) is 3.69. The number of urea groups is 1. The molecular weight excluding hydrogens is 380 g/mol. The number of benzene rings is 1. The summed E-state index contributed by atoms with van der Waals surface area (Å²) in [6.07, 6.45) is 4.35. The third kappa shape index (κ3) is 3.80. The maximum atomic E-state index is 12.5. The Hall–Kier alpha value is -3.94. The fraction of sp³-hybridized carbons (Fsp3) is 0.182. The van der Waals surface area contributed by atoms with Crippen LogP contribution in [0.1, 0.15) is 6.42 Å². The molecule has 5 rings (SSSR count). The van der Waals surface area contributed by atoms with Crippen LogP contribution in [-0.2, 0) is 0 Å². The van der Waals surface area contributed by atoms with E-state index in [1.165, 1.54) is 0 Å². The summed E-state index contributed by atoms with van der Waals surface area (Å²) >= 11 is 0. The molecule has 0 aliphatic carbocycles. The SMILES string of the molecule is O=C(Nc1ccc2nc(-c3ccccn3)oc2c1)NC1CCN(c2ccccn2)C1. The monoisotopic (exact) mass is 400 g/mol. The van der Waals surface area contributed by atoms with Crippen molar-refractivity contribution in [3.05, 3.63) is 67.0 Å². The zero-order chi connectivity index (χ0) is 20.3. The number of oxazole rings is 1. The first-order chi connectivity index (χ1) is 14.7. The van der Waals surface area contributed by atoms with Crippen LogP contribution in [0.5, 0.6) is 0 Å². The van der Waals surface area contributed by atoms with E-state index >= 15 is 0 Å². The summed E-state index contributed by atoms with van der Waals surface area (Å²) < 4.78 is 5.81. The van der Waals surface area contributed by atoms with Crippen molar-refractivity contribution in [1.82, 2.24) is 20.3 Å². The van der Waals surface area contributed by atoms with Crippen LogP contribution < -0.4 is 15.5 Å². The highest BCUT2D eigenvalue weighted by molar-refractivity contribution is 5.92. The van der Waals surface area contributed by atoms with Gasteiger partial charge in [-0.3, -0.25) is 4.98 Å². The number of rotatable bonds is 4. The highest BCUT2D eigenvalue weighted by Crippen LogP contribution is 2.25. The first-order valence-electron chi connectivity index (χ1n) is 9.80. The molecular formula is C22H20N6O2. The fourth-order valence-electron chi connectivity index (χ4n) is 3.58. The fourth-order valence-corrected chi connectivity index (χ4v) is 3.58. The number of carbonyl (C=O) groups excluding carboxylic acids is 1. The predicted molar refractivity (Wildman–Crippen MR) is 114 cm³/mol. The number of hydrogen-bond donors (Lipinski definition) is 2. The number of nitrogens with one attached hydrogen (secondary N) is 2. The van der Waals surface area contributed by atoms with Gasteiger partial charge in [0.05, 0.1) is 0 Å². The Morgan fingerprint density at radius 1 is 1.07 bits per heavy atom. The Balaban J connectivity index is 1.23. The number of fused-ring (bicyclic) bond motifs is 1. The smallest absolute Gasteiger partial charge is 0.319 e. The molecule has 4 heterocycles. The molecule has 1 unspecified atom stereocenters. The minimum absolute atomic E-state index is 0.0665. The second-order valence-corrected chi connectivity index (χ2v) is 7.13. The van der Waals surface area contributed by atoms with Gasteiger partial charge < -0.3 is 20.0 Å². The molecule has 1 aliphatic heterocycles. The lowest BCUT2D eigenvalue weighted by atomic mass is 10.2. The highest BCUT2D eigenvalue weighted by atomic mass is 16.3. The van der Waals surface area contributed by atoms with Crippen LogP contribution in [0.3, 0.4) is 0 Å². The van der Waals surface area contributed by atoms with Gasteiger partial charge in [-0.2, -0.15) is 0 Å². The minimum Gasteiger partial charge on any atom is -0.435 e. The van der Waals surface area contributed by atoms with Gasteiger partial charge in [0.15, 0.2) is 5.58 Å². The number of anilines is 2. The van der Waals surface area contributed by atoms with Gasteiger partial charge in [-0.25, -0.2) is 14.8 Å². The van der Waals surface area contributed by atoms with E-state index in [2.05, 4.69) is 30.5 Å². The van der Waals surface area contributed by atoms with Gasteiger partial charge in [0.2, 0.25) is 5.89 Å². The maximum absolute atomic E-state index is 12.5. The highest BCUT2D eigenvalue weighted by Gasteiger charge is 2.24. The van der Waals surface area contributed by atoms with Gasteiger partial charge in [-0.05, 0) is 42.8 Å². The summed E-state index contributed by atoms with van der Waals surface area (Å²) in [5, 5.41) is 5.91. The topological polar surface area (TPSA) is 96.2 Å². The molecule has 2 amide bonds. The number of amides is 2. The second-order valence-electron chi connectivity index (χ2n) is 7.13. The summed E-state index contributed by atoms with van der Waals surface area (Å²) in [4.78, 5) is 27.7. The lowest BCUT2D eigenvalue weighted by Gasteiger charge is -2.18. The van der Waals surface area contributed by atoms with E-state index in [1.54, 1.807) is 18.5 Å². The molecule has 0 saturated carbocycles. The van der Waals surface area contributed by atoms with Crippen LogP contribution in [-0.4, -0.2) is 40.1 Å². The van der Waals surface area contributed by atoms with Crippen molar-refractivity contribution < 1.29 is 9.21 Å². The van der Waals surface area contributed by atoms with Gasteiger partial charge in [0.1, 0.15) is 17.0 Å². The molecule has 1 aliphatic rings. The lowest BCUT2D eigenvalue weighted by molar-refractivity contribution is 0.249. The van der Waals surface area contributed by atoms with Crippen molar-refractivity contribution in [3.8, 4) is 11.6 Å². The van der Waals surface area contributed by atoms with Crippen LogP contribution in [0.2, 0.25) is 0 Å². The zero-order valence-corrected chi connectivity index (χ0v) is 16.2. The minimum atomic E-state index is -0.244. The van der Waals surface area contributed by atoms with Crippen LogP contribution in [0.4, 0.5) is 16.3 Å². The third-order valence-electron chi connectivity index (χ3n) is 5.03. The van der Waals surface area contributed by atoms with Gasteiger partial charge in [0.25, 0.3) is 0 Å². The second kappa shape index (κ2) is 7.82. The molecule has 8 heteroatoms. The molecule has 1 atom stereocenters. The first kappa shape index (κ1) is 18.1. The van der Waals surface area contributed by atoms with E-state index in [4.69, 9.17) is 4.42 Å². The van der Waals surface area contributed by atoms with Crippen molar-refractivity contribution >= 4 is 28.6 Å². The Bertz CT molecular complexity index is 1160. The number of carbonyl (C=O) groups is 1. The summed E-state index contributed by atoms with van der Waals surface area (Å²) in [7, 11) is 0. The van der Waals surface area contributed by atoms with Crippen LogP contribution in [0.25, 0.3) is 22.7 Å². The maximum Gasteiger partial charge on any atom is 0.319 e. The van der Waals surface area contributed by atoms with Gasteiger partial charge in [-0.15, -0.1) is 0 Å². The molecule has 0 radical (unpaired) electrons. The summed E-state index contributed by atoms with van der Waals surface area (Å²) in [5.74, 6) is 1.38. The molecule has 150 valence electrons. The van der Waals surface area contributed by atoms with E-state index in [0.717, 1.165) is 25.3 Å². The molecule has 1 fully saturated rings. The third-order valence-corrected chi connectivity index (χ3v) is 5.03. The Labute approximate surface area is 173 Å². The van der Waals surface area contributed by atoms with E-state index in [-0.39, 0.29) is 12.1 Å². The van der Waals surface area contributed by atoms with Crippen molar-refractivity contribution in [2.24, 2.45) is 0 Å². The molecule has 1 saturated heterocycles. The van der Waals surface area contributed by atoms with E-state index in [9.17, 15) is 4.79 Å². The Kier molecular flexibility index (Phi) is 4.72. The average molecular weight is 400 g/mol. The molecule has 30 heavy (non-hydrogen) atoms. The number of aromatic nitrogens is 3. The van der Waals surface area contributed by atoms with Crippen LogP contribution >= 0.6 is 0 Å². The van der Waals surface area contributed by atoms with Gasteiger partial charge >= 0.3 is 6.03 Å². The van der Waals surface area contributed by atoms with Crippen molar-refractivity contribution in [2.75, 3.05) is 23.3 Å². The molecule has 1 aromatic carbocycles. The van der Waals surface area contributed by atoms with Crippen LogP contribution in [0, 0.1) is 0 Å². The van der Waals surface area contributed by atoms with E-state index < -0.39 is 0 Å². The van der Waals surface area contributed by atoms with E-state index in [1.807, 2.05) is 48.5 Å². The number of pyridine rings is 2. The molecule has 0 bridgehead atoms. The van der Waals surface area contributed by atoms with Crippen molar-refractivity contribution in [2.45, 2.75) is 12.5 Å². The molecule has 8 nitrogen and oxygen atoms in total. The molecule has 0 spiro atoms. The quantitative estimate of drug-likeness (QED) is 0.542. The molecule has 3 aromatic heterocycles. The van der Waals surface area contributed by atoms with Crippen molar-refractivity contribution in [3.63, 3.8) is 0 Å². The first-order valence-corrected chi connectivity index (χ1v) is 9.80. The van der Waals surface area contributed by atoms with Crippen molar-refractivity contribution in [1.29, 1.82) is 0 Å². The summed E-state index contributed by atoms with van der Waals surface area (Å²) in [6, 6.07) is 16.6. The molecule has 2 N–H and O–H groups in total. The number of hydrogen-bond acceptors (Lipinski definition) is 6. The largest absolute Gasteiger partial charge is 0.435 e. The lowest BCUT2D eigenvalue weighted by Crippen LogP contribution is -2.39. The molecule has 4 aromatic rings. The standard InChI is InChI=1S/C22H20N6O2/c29-22(26-16-9-12-28(14-16)20-6-2-4-11-24-20)25-15-7-8-17-19(13-15)30-21(27-17)18-5-1-3-10-23-18/h1-8,10-11,13,16H,9,12,14H2,(H2,25,26,29). The van der Waals surface area contributed by atoms with E-state index in [0.29, 0.717) is 28.4 Å². The average Bonchev–Trinajstić information content (AvgIpc) is 3.42.